The lowest BCUT2D eigenvalue weighted by atomic mass is 9.82. The predicted octanol–water partition coefficient (Wildman–Crippen LogP) is 3.48. The Kier molecular flexibility index (Phi) is 6.54. The molecule has 0 atom stereocenters. The first kappa shape index (κ1) is 23.3. The molecule has 170 valence electrons. The number of ketones is 2. The van der Waals surface area contributed by atoms with Crippen molar-refractivity contribution in [2.75, 3.05) is 5.32 Å². The number of aliphatic carboxylic acids is 1. The van der Waals surface area contributed by atoms with Crippen molar-refractivity contribution in [2.45, 2.75) is 43.9 Å². The summed E-state index contributed by atoms with van der Waals surface area (Å²) in [7, 11) is 0. The molecule has 0 radical (unpaired) electrons. The molecule has 5 N–H and O–H groups in total. The highest BCUT2D eigenvalue weighted by molar-refractivity contribution is 6.31. The van der Waals surface area contributed by atoms with Gasteiger partial charge in [0.25, 0.3) is 0 Å². The Morgan fingerprint density at radius 2 is 1.44 bits per heavy atom. The maximum absolute atomic E-state index is 13.0. The minimum absolute atomic E-state index is 0.0983. The summed E-state index contributed by atoms with van der Waals surface area (Å²) in [5, 5.41) is 20.7. The molecule has 0 aliphatic heterocycles. The molecule has 2 aliphatic rings. The molecular formula is C22H21F3N2O5. The van der Waals surface area contributed by atoms with Crippen LogP contribution in [-0.2, 0) is 4.79 Å². The lowest BCUT2D eigenvalue weighted by Gasteiger charge is -2.29. The number of carboxylic acids is 1. The van der Waals surface area contributed by atoms with Crippen LogP contribution in [0.3, 0.4) is 0 Å². The summed E-state index contributed by atoms with van der Waals surface area (Å²) >= 11 is 0. The van der Waals surface area contributed by atoms with Gasteiger partial charge >= 0.3 is 12.1 Å². The van der Waals surface area contributed by atoms with Crippen LogP contribution in [0.15, 0.2) is 36.4 Å². The van der Waals surface area contributed by atoms with E-state index in [4.69, 9.17) is 15.6 Å². The SMILES string of the molecule is NC1CCC(Nc2ccc(O)c3c2C(=O)c2ccccc2C3=O)CC1.O=C(O)C(F)(F)F. The van der Waals surface area contributed by atoms with Gasteiger partial charge in [0.1, 0.15) is 5.75 Å². The van der Waals surface area contributed by atoms with E-state index in [1.165, 1.54) is 6.07 Å². The molecule has 2 aliphatic carbocycles. The van der Waals surface area contributed by atoms with Crippen molar-refractivity contribution in [1.29, 1.82) is 0 Å². The zero-order chi connectivity index (χ0) is 23.6. The fraction of sp³-hybridized carbons (Fsp3) is 0.318. The van der Waals surface area contributed by atoms with Crippen molar-refractivity contribution in [3.05, 3.63) is 58.7 Å². The van der Waals surface area contributed by atoms with E-state index in [9.17, 15) is 27.9 Å². The van der Waals surface area contributed by atoms with Gasteiger partial charge in [-0.05, 0) is 37.8 Å². The van der Waals surface area contributed by atoms with Crippen LogP contribution in [0.25, 0.3) is 0 Å². The predicted molar refractivity (Wildman–Crippen MR) is 109 cm³/mol. The van der Waals surface area contributed by atoms with Crippen molar-refractivity contribution in [2.24, 2.45) is 5.73 Å². The van der Waals surface area contributed by atoms with Gasteiger partial charge in [-0.1, -0.05) is 24.3 Å². The zero-order valence-electron chi connectivity index (χ0n) is 16.8. The Balaban J connectivity index is 0.000000360. The topological polar surface area (TPSA) is 130 Å². The second-order valence-electron chi connectivity index (χ2n) is 7.65. The van der Waals surface area contributed by atoms with Crippen LogP contribution in [0, 0.1) is 0 Å². The molecule has 32 heavy (non-hydrogen) atoms. The van der Waals surface area contributed by atoms with Crippen molar-refractivity contribution < 1.29 is 37.8 Å². The Hall–Kier alpha value is -3.40. The second kappa shape index (κ2) is 8.99. The number of aromatic hydroxyl groups is 1. The van der Waals surface area contributed by atoms with Gasteiger partial charge in [0.15, 0.2) is 11.6 Å². The summed E-state index contributed by atoms with van der Waals surface area (Å²) in [6.07, 6.45) is -1.35. The maximum atomic E-state index is 13.0. The average Bonchev–Trinajstić information content (AvgIpc) is 2.74. The summed E-state index contributed by atoms with van der Waals surface area (Å²) in [4.78, 5) is 34.7. The van der Waals surface area contributed by atoms with Gasteiger partial charge in [0.2, 0.25) is 0 Å². The molecular weight excluding hydrogens is 429 g/mol. The third-order valence-corrected chi connectivity index (χ3v) is 5.43. The molecule has 0 amide bonds. The number of phenolic OH excluding ortho intramolecular Hbond substituents is 1. The number of hydrogen-bond donors (Lipinski definition) is 4. The first-order valence-electron chi connectivity index (χ1n) is 9.87. The number of carbonyl (C=O) groups excluding carboxylic acids is 2. The van der Waals surface area contributed by atoms with Gasteiger partial charge in [-0.25, -0.2) is 4.79 Å². The zero-order valence-corrected chi connectivity index (χ0v) is 16.8. The standard InChI is InChI=1S/C20H20N2O3.C2HF3O2/c21-11-5-7-12(8-6-11)22-15-9-10-16(23)18-17(15)19(24)13-3-1-2-4-14(13)20(18)25;3-2(4,5)1(6)7/h1-4,9-12,22-23H,5-8,21H2;(H,6,7). The number of nitrogens with two attached hydrogens (primary N) is 1. The number of nitrogens with one attached hydrogen (secondary N) is 1. The van der Waals surface area contributed by atoms with E-state index in [1.54, 1.807) is 30.3 Å². The molecule has 1 saturated carbocycles. The van der Waals surface area contributed by atoms with Crippen LogP contribution in [0.2, 0.25) is 0 Å². The van der Waals surface area contributed by atoms with Gasteiger partial charge in [-0.2, -0.15) is 13.2 Å². The first-order chi connectivity index (χ1) is 15.0. The number of benzene rings is 2. The lowest BCUT2D eigenvalue weighted by molar-refractivity contribution is -0.192. The Bertz CT molecular complexity index is 1060. The Morgan fingerprint density at radius 3 is 1.94 bits per heavy atom. The first-order valence-corrected chi connectivity index (χ1v) is 9.87. The fourth-order valence-corrected chi connectivity index (χ4v) is 3.81. The lowest BCUT2D eigenvalue weighted by Crippen LogP contribution is -2.33. The molecule has 2 aromatic rings. The number of carboxylic acid groups (broad SMARTS) is 1. The molecule has 0 saturated heterocycles. The third-order valence-electron chi connectivity index (χ3n) is 5.43. The van der Waals surface area contributed by atoms with Gasteiger partial charge in [-0.3, -0.25) is 9.59 Å². The molecule has 4 rings (SSSR count). The van der Waals surface area contributed by atoms with Gasteiger partial charge in [-0.15, -0.1) is 0 Å². The average molecular weight is 450 g/mol. The molecule has 2 aromatic carbocycles. The van der Waals surface area contributed by atoms with E-state index >= 15 is 0 Å². The van der Waals surface area contributed by atoms with Gasteiger partial charge < -0.3 is 21.3 Å². The highest BCUT2D eigenvalue weighted by Gasteiger charge is 2.38. The van der Waals surface area contributed by atoms with E-state index in [-0.39, 0.29) is 40.5 Å². The molecule has 0 spiro atoms. The van der Waals surface area contributed by atoms with Crippen molar-refractivity contribution >= 4 is 23.2 Å². The summed E-state index contributed by atoms with van der Waals surface area (Å²) in [6, 6.07) is 10.4. The Morgan fingerprint density at radius 1 is 0.938 bits per heavy atom. The molecule has 0 aromatic heterocycles. The number of hydrogen-bond acceptors (Lipinski definition) is 6. The van der Waals surface area contributed by atoms with Crippen molar-refractivity contribution in [1.82, 2.24) is 0 Å². The number of alkyl halides is 3. The van der Waals surface area contributed by atoms with Crippen LogP contribution < -0.4 is 11.1 Å². The van der Waals surface area contributed by atoms with Crippen LogP contribution in [0.5, 0.6) is 5.75 Å². The normalized spacial score (nSPS) is 19.9. The Labute approximate surface area is 181 Å². The number of rotatable bonds is 2. The molecule has 7 nitrogen and oxygen atoms in total. The van der Waals surface area contributed by atoms with E-state index < -0.39 is 12.1 Å². The minimum atomic E-state index is -5.08. The van der Waals surface area contributed by atoms with E-state index in [0.29, 0.717) is 16.8 Å². The number of anilines is 1. The van der Waals surface area contributed by atoms with Gasteiger partial charge in [0, 0.05) is 28.9 Å². The van der Waals surface area contributed by atoms with E-state index in [1.807, 2.05) is 0 Å². The maximum Gasteiger partial charge on any atom is 0.490 e. The van der Waals surface area contributed by atoms with Crippen LogP contribution in [0.1, 0.15) is 57.5 Å². The quantitative estimate of drug-likeness (QED) is 0.440. The minimum Gasteiger partial charge on any atom is -0.507 e. The summed E-state index contributed by atoms with van der Waals surface area (Å²) < 4.78 is 31.7. The van der Waals surface area contributed by atoms with Gasteiger partial charge in [0.05, 0.1) is 11.1 Å². The number of carbonyl (C=O) groups is 3. The largest absolute Gasteiger partial charge is 0.507 e. The van der Waals surface area contributed by atoms with E-state index in [2.05, 4.69) is 5.32 Å². The smallest absolute Gasteiger partial charge is 0.490 e. The summed E-state index contributed by atoms with van der Waals surface area (Å²) in [6.45, 7) is 0. The monoisotopic (exact) mass is 450 g/mol. The van der Waals surface area contributed by atoms with Crippen LogP contribution >= 0.6 is 0 Å². The molecule has 0 bridgehead atoms. The van der Waals surface area contributed by atoms with Crippen molar-refractivity contribution in [3.63, 3.8) is 0 Å². The summed E-state index contributed by atoms with van der Waals surface area (Å²) in [5.41, 5.74) is 7.67. The summed E-state index contributed by atoms with van der Waals surface area (Å²) in [5.74, 6) is -3.44. The van der Waals surface area contributed by atoms with E-state index in [0.717, 1.165) is 25.7 Å². The fourth-order valence-electron chi connectivity index (χ4n) is 3.81. The number of fused-ring (bicyclic) bond motifs is 2. The molecule has 0 heterocycles. The molecule has 10 heteroatoms. The van der Waals surface area contributed by atoms with Crippen LogP contribution in [-0.4, -0.2) is 46.0 Å². The second-order valence-corrected chi connectivity index (χ2v) is 7.65. The molecule has 0 unspecified atom stereocenters. The number of phenols is 1. The third kappa shape index (κ3) is 4.75. The highest BCUT2D eigenvalue weighted by Crippen LogP contribution is 2.37. The number of halogens is 3. The van der Waals surface area contributed by atoms with Crippen molar-refractivity contribution in [3.8, 4) is 5.75 Å². The van der Waals surface area contributed by atoms with Crippen LogP contribution in [0.4, 0.5) is 18.9 Å². The highest BCUT2D eigenvalue weighted by atomic mass is 19.4. The molecule has 1 fully saturated rings.